The van der Waals surface area contributed by atoms with E-state index in [4.69, 9.17) is 11.6 Å². The minimum atomic E-state index is -2.83. The molecule has 134 valence electrons. The number of alkyl halides is 2. The molecule has 2 unspecified atom stereocenters. The van der Waals surface area contributed by atoms with Gasteiger partial charge in [0.05, 0.1) is 17.7 Å². The number of benzene rings is 1. The van der Waals surface area contributed by atoms with E-state index in [1.165, 1.54) is 22.8 Å². The molecule has 0 aliphatic carbocycles. The van der Waals surface area contributed by atoms with E-state index in [1.54, 1.807) is 24.3 Å². The second kappa shape index (κ2) is 7.09. The largest absolute Gasteiger partial charge is 0.386 e. The zero-order valence-corrected chi connectivity index (χ0v) is 14.3. The summed E-state index contributed by atoms with van der Waals surface area (Å²) in [5.41, 5.74) is -0.0128. The lowest BCUT2D eigenvalue weighted by molar-refractivity contribution is 0.0479. The predicted molar refractivity (Wildman–Crippen MR) is 88.6 cm³/mol. The van der Waals surface area contributed by atoms with Gasteiger partial charge in [-0.25, -0.2) is 8.78 Å². The average molecular weight is 370 g/mol. The summed E-state index contributed by atoms with van der Waals surface area (Å²) in [4.78, 5) is 14.3. The third kappa shape index (κ3) is 3.52. The highest BCUT2D eigenvalue weighted by Crippen LogP contribution is 2.32. The van der Waals surface area contributed by atoms with Gasteiger partial charge in [-0.2, -0.15) is 5.10 Å². The maximum atomic E-state index is 13.1. The molecule has 0 bridgehead atoms. The van der Waals surface area contributed by atoms with Crippen molar-refractivity contribution in [1.82, 2.24) is 14.7 Å². The van der Waals surface area contributed by atoms with Gasteiger partial charge in [0.15, 0.2) is 0 Å². The Morgan fingerprint density at radius 2 is 2.04 bits per heavy atom. The maximum Gasteiger partial charge on any atom is 0.282 e. The third-order valence-corrected chi connectivity index (χ3v) is 4.68. The maximum absolute atomic E-state index is 13.1. The quantitative estimate of drug-likeness (QED) is 0.899. The molecular weight excluding hydrogens is 352 g/mol. The van der Waals surface area contributed by atoms with Gasteiger partial charge in [0, 0.05) is 24.8 Å². The Morgan fingerprint density at radius 3 is 2.68 bits per heavy atom. The first-order valence-corrected chi connectivity index (χ1v) is 8.32. The number of hydrogen-bond acceptors (Lipinski definition) is 3. The first-order chi connectivity index (χ1) is 11.9. The van der Waals surface area contributed by atoms with Crippen molar-refractivity contribution in [3.63, 3.8) is 0 Å². The molecule has 3 rings (SSSR count). The molecule has 0 spiro atoms. The van der Waals surface area contributed by atoms with E-state index >= 15 is 0 Å². The second-order valence-electron chi connectivity index (χ2n) is 6.11. The Hall–Kier alpha value is -1.99. The summed E-state index contributed by atoms with van der Waals surface area (Å²) in [6.45, 7) is 0.408. The van der Waals surface area contributed by atoms with E-state index in [0.29, 0.717) is 30.0 Å². The third-order valence-electron chi connectivity index (χ3n) is 4.43. The highest BCUT2D eigenvalue weighted by molar-refractivity contribution is 6.30. The highest BCUT2D eigenvalue weighted by Gasteiger charge is 2.37. The number of aromatic nitrogens is 2. The number of rotatable bonds is 4. The summed E-state index contributed by atoms with van der Waals surface area (Å²) in [5.74, 6) is -0.529. The molecule has 0 saturated carbocycles. The van der Waals surface area contributed by atoms with E-state index in [9.17, 15) is 18.7 Å². The number of hydrogen-bond donors (Lipinski definition) is 1. The van der Waals surface area contributed by atoms with Crippen molar-refractivity contribution >= 4 is 17.5 Å². The number of aryl methyl sites for hydroxylation is 1. The molecule has 1 N–H and O–H groups in total. The predicted octanol–water partition coefficient (Wildman–Crippen LogP) is 3.35. The molecule has 1 aliphatic heterocycles. The van der Waals surface area contributed by atoms with E-state index in [1.807, 2.05) is 0 Å². The molecular formula is C17H18ClF2N3O2. The van der Waals surface area contributed by atoms with Crippen LogP contribution in [0.2, 0.25) is 5.02 Å². The lowest BCUT2D eigenvalue weighted by Gasteiger charge is -2.29. The van der Waals surface area contributed by atoms with Crippen LogP contribution in [0.5, 0.6) is 0 Å². The van der Waals surface area contributed by atoms with Crippen LogP contribution in [0.4, 0.5) is 8.78 Å². The minimum absolute atomic E-state index is 0.118. The number of aliphatic hydroxyl groups is 1. The van der Waals surface area contributed by atoms with Crippen molar-refractivity contribution in [2.24, 2.45) is 7.05 Å². The van der Waals surface area contributed by atoms with Gasteiger partial charge in [0.2, 0.25) is 0 Å². The summed E-state index contributed by atoms with van der Waals surface area (Å²) in [5, 5.41) is 14.9. The van der Waals surface area contributed by atoms with E-state index in [2.05, 4.69) is 5.10 Å². The van der Waals surface area contributed by atoms with Crippen molar-refractivity contribution in [3.8, 4) is 0 Å². The highest BCUT2D eigenvalue weighted by atomic mass is 35.5. The molecule has 25 heavy (non-hydrogen) atoms. The van der Waals surface area contributed by atoms with Crippen LogP contribution < -0.4 is 0 Å². The van der Waals surface area contributed by atoms with Crippen LogP contribution in [0.15, 0.2) is 30.5 Å². The molecule has 2 aromatic rings. The van der Waals surface area contributed by atoms with Crippen LogP contribution in [0, 0.1) is 0 Å². The van der Waals surface area contributed by atoms with Crippen molar-refractivity contribution in [3.05, 3.63) is 52.3 Å². The van der Waals surface area contributed by atoms with Crippen molar-refractivity contribution < 1.29 is 18.7 Å². The fraction of sp³-hybridized carbons (Fsp3) is 0.412. The zero-order valence-electron chi connectivity index (χ0n) is 13.6. The van der Waals surface area contributed by atoms with Crippen molar-refractivity contribution in [1.29, 1.82) is 0 Å². The van der Waals surface area contributed by atoms with Gasteiger partial charge in [-0.05, 0) is 30.5 Å². The zero-order chi connectivity index (χ0) is 18.1. The van der Waals surface area contributed by atoms with Crippen LogP contribution >= 0.6 is 11.6 Å². The Balaban J connectivity index is 1.86. The van der Waals surface area contributed by atoms with Crippen LogP contribution in [0.1, 0.15) is 47.0 Å². The Kier molecular flexibility index (Phi) is 5.06. The molecule has 8 heteroatoms. The number of aliphatic hydroxyl groups excluding tert-OH is 1. The molecule has 1 aromatic carbocycles. The average Bonchev–Trinajstić information content (AvgIpc) is 3.21. The van der Waals surface area contributed by atoms with Gasteiger partial charge in [-0.3, -0.25) is 9.48 Å². The van der Waals surface area contributed by atoms with E-state index in [0.717, 1.165) is 0 Å². The van der Waals surface area contributed by atoms with Gasteiger partial charge in [-0.1, -0.05) is 23.7 Å². The number of amides is 1. The van der Waals surface area contributed by atoms with Crippen LogP contribution in [-0.2, 0) is 7.05 Å². The van der Waals surface area contributed by atoms with Gasteiger partial charge >= 0.3 is 0 Å². The van der Waals surface area contributed by atoms with Crippen LogP contribution in [0.25, 0.3) is 0 Å². The van der Waals surface area contributed by atoms with Crippen molar-refractivity contribution in [2.45, 2.75) is 31.4 Å². The summed E-state index contributed by atoms with van der Waals surface area (Å²) in [6, 6.07) is 6.25. The Morgan fingerprint density at radius 1 is 1.36 bits per heavy atom. The standard InChI is InChI=1S/C17H18ClF2N3O2/c1-22-9-12(14(21-22)16(19)20)17(25)23-8-2-3-13(23)15(24)10-4-6-11(18)7-5-10/h4-7,9,13,15-16,24H,2-3,8H2,1H3. The number of nitrogens with zero attached hydrogens (tertiary/aromatic N) is 3. The number of likely N-dealkylation sites (tertiary alicyclic amines) is 1. The molecule has 2 atom stereocenters. The monoisotopic (exact) mass is 369 g/mol. The van der Waals surface area contributed by atoms with Gasteiger partial charge in [0.1, 0.15) is 5.69 Å². The van der Waals surface area contributed by atoms with Crippen LogP contribution in [-0.4, -0.2) is 38.3 Å². The molecule has 1 amide bonds. The first-order valence-electron chi connectivity index (χ1n) is 7.94. The molecule has 5 nitrogen and oxygen atoms in total. The molecule has 2 heterocycles. The fourth-order valence-electron chi connectivity index (χ4n) is 3.24. The summed E-state index contributed by atoms with van der Waals surface area (Å²) in [6.07, 6.45) is -1.14. The molecule has 1 saturated heterocycles. The summed E-state index contributed by atoms with van der Waals surface area (Å²) < 4.78 is 27.5. The van der Waals surface area contributed by atoms with Gasteiger partial charge < -0.3 is 10.0 Å². The van der Waals surface area contributed by atoms with Gasteiger partial charge in [0.25, 0.3) is 12.3 Å². The SMILES string of the molecule is Cn1cc(C(=O)N2CCCC2C(O)c2ccc(Cl)cc2)c(C(F)F)n1. The Labute approximate surface area is 148 Å². The van der Waals surface area contributed by atoms with E-state index < -0.39 is 30.2 Å². The number of carbonyl (C=O) groups is 1. The summed E-state index contributed by atoms with van der Waals surface area (Å²) >= 11 is 5.86. The lowest BCUT2D eigenvalue weighted by Crippen LogP contribution is -2.39. The molecule has 0 radical (unpaired) electrons. The Bertz CT molecular complexity index is 764. The van der Waals surface area contributed by atoms with Crippen molar-refractivity contribution in [2.75, 3.05) is 6.54 Å². The fourth-order valence-corrected chi connectivity index (χ4v) is 3.37. The summed E-state index contributed by atoms with van der Waals surface area (Å²) in [7, 11) is 1.49. The van der Waals surface area contributed by atoms with E-state index in [-0.39, 0.29) is 5.56 Å². The second-order valence-corrected chi connectivity index (χ2v) is 6.54. The topological polar surface area (TPSA) is 58.4 Å². The smallest absolute Gasteiger partial charge is 0.282 e. The normalized spacial score (nSPS) is 18.8. The molecule has 1 aliphatic rings. The lowest BCUT2D eigenvalue weighted by atomic mass is 10.00. The van der Waals surface area contributed by atoms with Gasteiger partial charge in [-0.15, -0.1) is 0 Å². The molecule has 1 aromatic heterocycles. The number of carbonyl (C=O) groups excluding carboxylic acids is 1. The minimum Gasteiger partial charge on any atom is -0.386 e. The van der Waals surface area contributed by atoms with Crippen LogP contribution in [0.3, 0.4) is 0 Å². The number of halogens is 3. The molecule has 1 fully saturated rings. The first kappa shape index (κ1) is 17.8.